The molecule has 190 valence electrons. The minimum atomic E-state index is -3.63. The molecule has 0 N–H and O–H groups in total. The van der Waals surface area contributed by atoms with Crippen molar-refractivity contribution in [3.63, 3.8) is 0 Å². The van der Waals surface area contributed by atoms with Gasteiger partial charge in [0.1, 0.15) is 0 Å². The van der Waals surface area contributed by atoms with Crippen LogP contribution in [-0.4, -0.2) is 37.3 Å². The van der Waals surface area contributed by atoms with Crippen molar-refractivity contribution in [3.05, 3.63) is 71.8 Å². The topological polar surface area (TPSA) is 74.8 Å². The van der Waals surface area contributed by atoms with E-state index >= 15 is 0 Å². The molecule has 0 fully saturated rings. The molecule has 0 saturated heterocycles. The highest BCUT2D eigenvalue weighted by Gasteiger charge is 2.29. The van der Waals surface area contributed by atoms with Crippen LogP contribution in [0.25, 0.3) is 0 Å². The Labute approximate surface area is 214 Å². The largest absolute Gasteiger partial charge is 0.228 e. The molecule has 6 nitrogen and oxygen atoms in total. The van der Waals surface area contributed by atoms with Crippen molar-refractivity contribution in [1.29, 1.82) is 0 Å². The lowest BCUT2D eigenvalue weighted by molar-refractivity contribution is 0.523. The van der Waals surface area contributed by atoms with E-state index in [-0.39, 0.29) is 11.5 Å². The SMILES string of the molecule is CCCCCN(SSN(CCCCC)S(=O)(=O)Cc1ccccc1)S(=O)(=O)Cc1ccccc1. The van der Waals surface area contributed by atoms with Crippen LogP contribution in [0.3, 0.4) is 0 Å². The molecule has 0 saturated carbocycles. The van der Waals surface area contributed by atoms with Crippen LogP contribution in [0.15, 0.2) is 60.7 Å². The van der Waals surface area contributed by atoms with E-state index in [1.807, 2.05) is 36.4 Å². The van der Waals surface area contributed by atoms with Gasteiger partial charge in [-0.3, -0.25) is 0 Å². The molecular formula is C24H36N2O4S4. The average molecular weight is 545 g/mol. The summed E-state index contributed by atoms with van der Waals surface area (Å²) in [5, 5.41) is 0. The lowest BCUT2D eigenvalue weighted by Gasteiger charge is -2.25. The highest BCUT2D eigenvalue weighted by atomic mass is 33.1. The number of sulfonamides is 2. The van der Waals surface area contributed by atoms with Gasteiger partial charge >= 0.3 is 0 Å². The first-order valence-corrected chi connectivity index (χ1v) is 17.0. The first-order valence-electron chi connectivity index (χ1n) is 11.7. The summed E-state index contributed by atoms with van der Waals surface area (Å²) in [6.45, 7) is 4.83. The summed E-state index contributed by atoms with van der Waals surface area (Å²) < 4.78 is 55.7. The van der Waals surface area contributed by atoms with Gasteiger partial charge in [-0.1, -0.05) is 100 Å². The van der Waals surface area contributed by atoms with Gasteiger partial charge in [0.25, 0.3) is 0 Å². The Balaban J connectivity index is 2.17. The van der Waals surface area contributed by atoms with Crippen molar-refractivity contribution >= 4 is 42.0 Å². The van der Waals surface area contributed by atoms with Gasteiger partial charge in [0.15, 0.2) is 0 Å². The molecule has 0 radical (unpaired) electrons. The molecule has 0 aliphatic carbocycles. The Morgan fingerprint density at radius 3 is 1.26 bits per heavy atom. The van der Waals surface area contributed by atoms with Crippen molar-refractivity contribution in [2.24, 2.45) is 0 Å². The summed E-state index contributed by atoms with van der Waals surface area (Å²) in [6, 6.07) is 18.2. The van der Waals surface area contributed by atoms with E-state index < -0.39 is 20.0 Å². The Morgan fingerprint density at radius 1 is 0.588 bits per heavy atom. The molecule has 10 heteroatoms. The zero-order valence-electron chi connectivity index (χ0n) is 20.0. The maximum atomic E-state index is 13.2. The molecule has 34 heavy (non-hydrogen) atoms. The number of hydrogen-bond donors (Lipinski definition) is 0. The molecule has 0 atom stereocenters. The van der Waals surface area contributed by atoms with Crippen LogP contribution in [0.1, 0.15) is 63.5 Å². The quantitative estimate of drug-likeness (QED) is 0.133. The monoisotopic (exact) mass is 544 g/mol. The fourth-order valence-electron chi connectivity index (χ4n) is 3.22. The molecule has 0 spiro atoms. The number of hydrogen-bond acceptors (Lipinski definition) is 6. The third-order valence-electron chi connectivity index (χ3n) is 5.09. The summed E-state index contributed by atoms with van der Waals surface area (Å²) in [5.41, 5.74) is 1.43. The van der Waals surface area contributed by atoms with Gasteiger partial charge in [-0.05, 0) is 24.0 Å². The summed E-state index contributed by atoms with van der Waals surface area (Å²) in [7, 11) is -5.23. The molecule has 2 aromatic rings. The smallest absolute Gasteiger partial charge is 0.211 e. The second kappa shape index (κ2) is 15.2. The highest BCUT2D eigenvalue weighted by molar-refractivity contribution is 8.76. The number of nitrogens with zero attached hydrogens (tertiary/aromatic N) is 2. The number of rotatable bonds is 17. The van der Waals surface area contributed by atoms with Crippen LogP contribution in [-0.2, 0) is 31.6 Å². The number of unbranched alkanes of at least 4 members (excludes halogenated alkanes) is 4. The normalized spacial score (nSPS) is 12.5. The maximum absolute atomic E-state index is 13.2. The van der Waals surface area contributed by atoms with Gasteiger partial charge < -0.3 is 0 Å². The van der Waals surface area contributed by atoms with Crippen LogP contribution >= 0.6 is 22.0 Å². The summed E-state index contributed by atoms with van der Waals surface area (Å²) in [6.07, 6.45) is 5.22. The predicted molar refractivity (Wildman–Crippen MR) is 146 cm³/mol. The van der Waals surface area contributed by atoms with Gasteiger partial charge in [-0.15, -0.1) is 7.42 Å². The molecule has 0 aromatic heterocycles. The minimum absolute atomic E-state index is 0.111. The Morgan fingerprint density at radius 2 is 0.941 bits per heavy atom. The van der Waals surface area contributed by atoms with Crippen LogP contribution in [0.5, 0.6) is 0 Å². The summed E-state index contributed by atoms with van der Waals surface area (Å²) in [4.78, 5) is 0. The van der Waals surface area contributed by atoms with E-state index in [1.54, 1.807) is 24.3 Å². The summed E-state index contributed by atoms with van der Waals surface area (Å²) in [5.74, 6) is -0.222. The third-order valence-corrected chi connectivity index (χ3v) is 12.5. The van der Waals surface area contributed by atoms with Crippen LogP contribution in [0.4, 0.5) is 0 Å². The summed E-state index contributed by atoms with van der Waals surface area (Å²) >= 11 is 0. The van der Waals surface area contributed by atoms with Gasteiger partial charge in [-0.2, -0.15) is 0 Å². The third kappa shape index (κ3) is 10.3. The molecule has 0 heterocycles. The van der Waals surface area contributed by atoms with Crippen molar-refractivity contribution in [1.82, 2.24) is 7.42 Å². The molecular weight excluding hydrogens is 509 g/mol. The Bertz CT molecular complexity index is 948. The molecule has 0 unspecified atom stereocenters. The first-order chi connectivity index (χ1) is 16.3. The zero-order chi connectivity index (χ0) is 24.9. The van der Waals surface area contributed by atoms with Crippen LogP contribution in [0, 0.1) is 0 Å². The van der Waals surface area contributed by atoms with Gasteiger partial charge in [0, 0.05) is 35.0 Å². The lowest BCUT2D eigenvalue weighted by atomic mass is 10.2. The molecule has 2 aromatic carbocycles. The Kier molecular flexibility index (Phi) is 13.0. The molecule has 0 bridgehead atoms. The van der Waals surface area contributed by atoms with E-state index in [9.17, 15) is 16.8 Å². The Hall–Kier alpha value is -1.04. The van der Waals surface area contributed by atoms with Crippen LogP contribution in [0.2, 0.25) is 0 Å². The lowest BCUT2D eigenvalue weighted by Crippen LogP contribution is -2.30. The van der Waals surface area contributed by atoms with E-state index in [4.69, 9.17) is 0 Å². The van der Waals surface area contributed by atoms with E-state index in [0.717, 1.165) is 60.5 Å². The van der Waals surface area contributed by atoms with E-state index in [1.165, 1.54) is 7.42 Å². The van der Waals surface area contributed by atoms with Crippen molar-refractivity contribution in [3.8, 4) is 0 Å². The fraction of sp³-hybridized carbons (Fsp3) is 0.500. The second-order valence-corrected chi connectivity index (χ2v) is 14.4. The second-order valence-electron chi connectivity index (χ2n) is 8.10. The van der Waals surface area contributed by atoms with Gasteiger partial charge in [0.2, 0.25) is 20.0 Å². The van der Waals surface area contributed by atoms with Crippen molar-refractivity contribution in [2.75, 3.05) is 13.1 Å². The maximum Gasteiger partial charge on any atom is 0.228 e. The molecule has 0 aliphatic heterocycles. The van der Waals surface area contributed by atoms with E-state index in [2.05, 4.69) is 13.8 Å². The van der Waals surface area contributed by atoms with Gasteiger partial charge in [0.05, 0.1) is 11.5 Å². The van der Waals surface area contributed by atoms with Gasteiger partial charge in [-0.25, -0.2) is 16.8 Å². The standard InChI is InChI=1S/C24H36N2O4S4/c1-3-5-13-19-25(33(27,28)21-23-15-9-7-10-16-23)31-32-26(20-14-6-4-2)34(29,30)22-24-17-11-8-12-18-24/h7-12,15-18H,3-6,13-14,19-22H2,1-2H3. The zero-order valence-corrected chi connectivity index (χ0v) is 23.3. The average Bonchev–Trinajstić information content (AvgIpc) is 2.80. The predicted octanol–water partition coefficient (Wildman–Crippen LogP) is 6.24. The van der Waals surface area contributed by atoms with Crippen molar-refractivity contribution in [2.45, 2.75) is 63.9 Å². The van der Waals surface area contributed by atoms with Crippen molar-refractivity contribution < 1.29 is 16.8 Å². The van der Waals surface area contributed by atoms with Crippen LogP contribution < -0.4 is 0 Å². The molecule has 2 rings (SSSR count). The molecule has 0 amide bonds. The highest BCUT2D eigenvalue weighted by Crippen LogP contribution is 2.36. The first kappa shape index (κ1) is 29.2. The number of benzene rings is 2. The van der Waals surface area contributed by atoms with E-state index in [0.29, 0.717) is 24.2 Å². The minimum Gasteiger partial charge on any atom is -0.211 e. The molecule has 0 aliphatic rings. The fourth-order valence-corrected chi connectivity index (χ4v) is 10.2.